The lowest BCUT2D eigenvalue weighted by Crippen LogP contribution is -2.48. The maximum absolute atomic E-state index is 13.0. The van der Waals surface area contributed by atoms with Crippen molar-refractivity contribution in [2.45, 2.75) is 0 Å². The van der Waals surface area contributed by atoms with E-state index in [4.69, 9.17) is 5.73 Å². The van der Waals surface area contributed by atoms with Crippen LogP contribution < -0.4 is 10.6 Å². The fourth-order valence-corrected chi connectivity index (χ4v) is 2.69. The highest BCUT2D eigenvalue weighted by Crippen LogP contribution is 2.19. The van der Waals surface area contributed by atoms with Crippen molar-refractivity contribution >= 4 is 21.5 Å². The van der Waals surface area contributed by atoms with E-state index in [1.165, 1.54) is 16.6 Å². The summed E-state index contributed by atoms with van der Waals surface area (Å²) in [6, 6.07) is 1.46. The first-order chi connectivity index (χ1) is 8.38. The first kappa shape index (κ1) is 13.0. The minimum Gasteiger partial charge on any atom is -0.396 e. The van der Waals surface area contributed by atoms with Crippen LogP contribution in [0.4, 0.5) is 15.9 Å². The number of aromatic nitrogens is 1. The molecular weight excluding hydrogens is 259 g/mol. The smallest absolute Gasteiger partial charge is 0.211 e. The normalized spacial score (nSPS) is 18.0. The Hall–Kier alpha value is -1.41. The maximum Gasteiger partial charge on any atom is 0.211 e. The van der Waals surface area contributed by atoms with Gasteiger partial charge in [0.2, 0.25) is 10.0 Å². The van der Waals surface area contributed by atoms with Crippen molar-refractivity contribution in [2.24, 2.45) is 0 Å². The zero-order valence-corrected chi connectivity index (χ0v) is 10.8. The minimum absolute atomic E-state index is 0.0468. The van der Waals surface area contributed by atoms with E-state index in [0.717, 1.165) is 6.20 Å². The van der Waals surface area contributed by atoms with Crippen molar-refractivity contribution in [3.8, 4) is 0 Å². The minimum atomic E-state index is -3.14. The van der Waals surface area contributed by atoms with Crippen molar-refractivity contribution in [2.75, 3.05) is 43.1 Å². The lowest BCUT2D eigenvalue weighted by atomic mass is 10.3. The van der Waals surface area contributed by atoms with Gasteiger partial charge in [0.05, 0.1) is 18.1 Å². The molecule has 0 spiro atoms. The number of pyridine rings is 1. The predicted octanol–water partition coefficient (Wildman–Crippen LogP) is -0.115. The van der Waals surface area contributed by atoms with Gasteiger partial charge in [0.15, 0.2) is 5.82 Å². The van der Waals surface area contributed by atoms with E-state index in [2.05, 4.69) is 4.98 Å². The summed E-state index contributed by atoms with van der Waals surface area (Å²) in [6.45, 7) is 1.84. The van der Waals surface area contributed by atoms with Gasteiger partial charge in [0, 0.05) is 32.2 Å². The molecule has 1 saturated heterocycles. The van der Waals surface area contributed by atoms with Crippen LogP contribution in [0.15, 0.2) is 12.3 Å². The van der Waals surface area contributed by atoms with Crippen LogP contribution in [0.25, 0.3) is 0 Å². The number of nitrogen functional groups attached to an aromatic ring is 1. The fraction of sp³-hybridized carbons (Fsp3) is 0.500. The number of anilines is 2. The number of sulfonamides is 1. The Balaban J connectivity index is 2.08. The standard InChI is InChI=1S/C10H15FN4O2S/c1-18(16,17)15-4-2-14(3-5-15)10-6-9(12)8(11)7-13-10/h6-7H,2-5H2,1H3,(H2,12,13). The van der Waals surface area contributed by atoms with Crippen LogP contribution in [0.2, 0.25) is 0 Å². The van der Waals surface area contributed by atoms with E-state index in [1.54, 1.807) is 0 Å². The van der Waals surface area contributed by atoms with Crippen molar-refractivity contribution < 1.29 is 12.8 Å². The molecule has 18 heavy (non-hydrogen) atoms. The lowest BCUT2D eigenvalue weighted by Gasteiger charge is -2.34. The molecule has 1 aliphatic rings. The van der Waals surface area contributed by atoms with Gasteiger partial charge >= 0.3 is 0 Å². The molecule has 0 atom stereocenters. The van der Waals surface area contributed by atoms with E-state index in [-0.39, 0.29) is 5.69 Å². The third-order valence-corrected chi connectivity index (χ3v) is 4.21. The van der Waals surface area contributed by atoms with Crippen LogP contribution in [0.5, 0.6) is 0 Å². The molecule has 2 heterocycles. The van der Waals surface area contributed by atoms with Gasteiger partial charge in [-0.2, -0.15) is 4.31 Å². The summed E-state index contributed by atoms with van der Waals surface area (Å²) >= 11 is 0. The summed E-state index contributed by atoms with van der Waals surface area (Å²) in [6.07, 6.45) is 2.27. The molecule has 1 aromatic rings. The van der Waals surface area contributed by atoms with Gasteiger partial charge in [-0.25, -0.2) is 17.8 Å². The Morgan fingerprint density at radius 2 is 1.94 bits per heavy atom. The Bertz CT molecular complexity index is 541. The second kappa shape index (κ2) is 4.69. The molecular formula is C10H15FN4O2S. The number of hydrogen-bond donors (Lipinski definition) is 1. The van der Waals surface area contributed by atoms with Gasteiger partial charge in [-0.15, -0.1) is 0 Å². The molecule has 8 heteroatoms. The van der Waals surface area contributed by atoms with Gasteiger partial charge < -0.3 is 10.6 Å². The molecule has 2 rings (SSSR count). The molecule has 0 saturated carbocycles. The molecule has 100 valence electrons. The van der Waals surface area contributed by atoms with Crippen LogP contribution in [0, 0.1) is 5.82 Å². The number of hydrogen-bond acceptors (Lipinski definition) is 5. The summed E-state index contributed by atoms with van der Waals surface area (Å²) in [5, 5.41) is 0. The summed E-state index contributed by atoms with van der Waals surface area (Å²) in [5.41, 5.74) is 5.52. The number of rotatable bonds is 2. The summed E-state index contributed by atoms with van der Waals surface area (Å²) in [7, 11) is -3.14. The van der Waals surface area contributed by atoms with E-state index >= 15 is 0 Å². The number of halogens is 1. The Morgan fingerprint density at radius 1 is 1.33 bits per heavy atom. The van der Waals surface area contributed by atoms with Gasteiger partial charge in [0.1, 0.15) is 5.82 Å². The number of nitrogens with two attached hydrogens (primary N) is 1. The van der Waals surface area contributed by atoms with Crippen LogP contribution >= 0.6 is 0 Å². The lowest BCUT2D eigenvalue weighted by molar-refractivity contribution is 0.387. The monoisotopic (exact) mass is 274 g/mol. The Labute approximate surface area is 105 Å². The Kier molecular flexibility index (Phi) is 3.40. The molecule has 0 aromatic carbocycles. The van der Waals surface area contributed by atoms with Crippen LogP contribution in [0.3, 0.4) is 0 Å². The van der Waals surface area contributed by atoms with E-state index in [0.29, 0.717) is 32.0 Å². The van der Waals surface area contributed by atoms with Gasteiger partial charge in [-0.3, -0.25) is 0 Å². The highest BCUT2D eigenvalue weighted by Gasteiger charge is 2.24. The quantitative estimate of drug-likeness (QED) is 0.813. The van der Waals surface area contributed by atoms with Gasteiger partial charge in [-0.1, -0.05) is 0 Å². The van der Waals surface area contributed by atoms with Crippen molar-refractivity contribution in [1.29, 1.82) is 0 Å². The zero-order chi connectivity index (χ0) is 13.3. The van der Waals surface area contributed by atoms with E-state index < -0.39 is 15.8 Å². The second-order valence-corrected chi connectivity index (χ2v) is 6.20. The van der Waals surface area contributed by atoms with Crippen molar-refractivity contribution in [3.05, 3.63) is 18.1 Å². The zero-order valence-electron chi connectivity index (χ0n) is 10.0. The first-order valence-corrected chi connectivity index (χ1v) is 7.34. The highest BCUT2D eigenvalue weighted by molar-refractivity contribution is 7.88. The van der Waals surface area contributed by atoms with Gasteiger partial charge in [-0.05, 0) is 0 Å². The first-order valence-electron chi connectivity index (χ1n) is 5.49. The third-order valence-electron chi connectivity index (χ3n) is 2.90. The van der Waals surface area contributed by atoms with Crippen LogP contribution in [0.1, 0.15) is 0 Å². The summed E-state index contributed by atoms with van der Waals surface area (Å²) < 4.78 is 37.1. The molecule has 0 bridgehead atoms. The van der Waals surface area contributed by atoms with Crippen LogP contribution in [-0.4, -0.2) is 50.1 Å². The molecule has 1 aromatic heterocycles. The molecule has 6 nitrogen and oxygen atoms in total. The average Bonchev–Trinajstić information content (AvgIpc) is 2.32. The maximum atomic E-state index is 13.0. The van der Waals surface area contributed by atoms with E-state index in [9.17, 15) is 12.8 Å². The van der Waals surface area contributed by atoms with Crippen molar-refractivity contribution in [3.63, 3.8) is 0 Å². The van der Waals surface area contributed by atoms with E-state index in [1.807, 2.05) is 4.90 Å². The number of nitrogens with zero attached hydrogens (tertiary/aromatic N) is 3. The van der Waals surface area contributed by atoms with Crippen molar-refractivity contribution in [1.82, 2.24) is 9.29 Å². The largest absolute Gasteiger partial charge is 0.396 e. The average molecular weight is 274 g/mol. The predicted molar refractivity (Wildman–Crippen MR) is 67.2 cm³/mol. The molecule has 1 aliphatic heterocycles. The molecule has 0 unspecified atom stereocenters. The fourth-order valence-electron chi connectivity index (χ4n) is 1.86. The molecule has 0 radical (unpaired) electrons. The molecule has 0 aliphatic carbocycles. The second-order valence-electron chi connectivity index (χ2n) is 4.21. The Morgan fingerprint density at radius 3 is 2.44 bits per heavy atom. The number of piperazine rings is 1. The summed E-state index contributed by atoms with van der Waals surface area (Å²) in [4.78, 5) is 5.84. The molecule has 0 amide bonds. The highest BCUT2D eigenvalue weighted by atomic mass is 32.2. The molecule has 2 N–H and O–H groups in total. The topological polar surface area (TPSA) is 79.5 Å². The van der Waals surface area contributed by atoms with Crippen LogP contribution in [-0.2, 0) is 10.0 Å². The molecule has 1 fully saturated rings. The third kappa shape index (κ3) is 2.70. The van der Waals surface area contributed by atoms with Gasteiger partial charge in [0.25, 0.3) is 0 Å². The summed E-state index contributed by atoms with van der Waals surface area (Å²) in [5.74, 6) is 0.0237. The SMILES string of the molecule is CS(=O)(=O)N1CCN(c2cc(N)c(F)cn2)CC1.